The van der Waals surface area contributed by atoms with Gasteiger partial charge >= 0.3 is 0 Å². The molecule has 0 aliphatic rings. The molecule has 0 aliphatic carbocycles. The van der Waals surface area contributed by atoms with Crippen LogP contribution in [-0.4, -0.2) is 9.79 Å². The second kappa shape index (κ2) is 3.62. The molecule has 66 valence electrons. The number of halogens is 2. The molecule has 0 amide bonds. The average Bonchev–Trinajstić information content (AvgIpc) is 1.92. The van der Waals surface area contributed by atoms with E-state index in [0.717, 1.165) is 0 Å². The fourth-order valence-corrected chi connectivity index (χ4v) is 1.95. The van der Waals surface area contributed by atoms with Crippen molar-refractivity contribution in [2.75, 3.05) is 0 Å². The number of rotatable bonds is 1. The van der Waals surface area contributed by atoms with Crippen molar-refractivity contribution in [2.24, 2.45) is 0 Å². The number of hydrogen-bond donors (Lipinski definition) is 2. The molecule has 0 saturated heterocycles. The fraction of sp³-hybridized carbons (Fsp3) is 0. The van der Waals surface area contributed by atoms with E-state index in [1.807, 2.05) is 0 Å². The minimum Gasteiger partial charge on any atom is -0.342 e. The molecule has 0 saturated carbocycles. The normalized spacial score (nSPS) is 11.7. The van der Waals surface area contributed by atoms with Gasteiger partial charge in [0.2, 0.25) is 6.49 Å². The Balaban J connectivity index is 3.23. The van der Waals surface area contributed by atoms with E-state index in [-0.39, 0.29) is 10.3 Å². The first-order valence-electron chi connectivity index (χ1n) is 2.92. The van der Waals surface area contributed by atoms with E-state index in [2.05, 4.69) is 11.8 Å². The Labute approximate surface area is 84.9 Å². The summed E-state index contributed by atoms with van der Waals surface area (Å²) in [5, 5.41) is 0.877. The van der Waals surface area contributed by atoms with Crippen molar-refractivity contribution in [1.29, 1.82) is 0 Å². The van der Waals surface area contributed by atoms with Gasteiger partial charge in [0.1, 0.15) is 0 Å². The molecule has 1 aromatic rings. The van der Waals surface area contributed by atoms with Crippen molar-refractivity contribution < 1.29 is 9.79 Å². The van der Waals surface area contributed by atoms with Crippen molar-refractivity contribution in [2.45, 2.75) is 0 Å². The van der Waals surface area contributed by atoms with Crippen LogP contribution < -0.4 is 5.30 Å². The Hall–Kier alpha value is 0.370. The molecule has 0 heterocycles. The zero-order valence-electron chi connectivity index (χ0n) is 5.74. The molecule has 6 heteroatoms. The SMILES string of the molecule is OP(O)(=S)c1ccc(Cl)c(Cl)c1. The van der Waals surface area contributed by atoms with Gasteiger partial charge in [-0.3, -0.25) is 0 Å². The molecular weight excluding hydrogens is 238 g/mol. The molecule has 12 heavy (non-hydrogen) atoms. The third-order valence-corrected chi connectivity index (χ3v) is 3.56. The summed E-state index contributed by atoms with van der Waals surface area (Å²) in [7, 11) is 0. The first-order chi connectivity index (χ1) is 5.41. The average molecular weight is 243 g/mol. The van der Waals surface area contributed by atoms with Gasteiger partial charge in [-0.2, -0.15) is 0 Å². The van der Waals surface area contributed by atoms with E-state index < -0.39 is 6.49 Å². The Morgan fingerprint density at radius 3 is 2.17 bits per heavy atom. The van der Waals surface area contributed by atoms with Crippen LogP contribution in [0.5, 0.6) is 0 Å². The minimum atomic E-state index is -3.37. The maximum atomic E-state index is 9.08. The van der Waals surface area contributed by atoms with Gasteiger partial charge in [-0.15, -0.1) is 0 Å². The van der Waals surface area contributed by atoms with Gasteiger partial charge in [-0.25, -0.2) is 0 Å². The summed E-state index contributed by atoms with van der Waals surface area (Å²) in [6, 6.07) is 4.30. The van der Waals surface area contributed by atoms with Crippen LogP contribution in [-0.2, 0) is 11.8 Å². The van der Waals surface area contributed by atoms with Gasteiger partial charge in [-0.05, 0) is 30.0 Å². The second-order valence-corrected chi connectivity index (χ2v) is 6.09. The summed E-state index contributed by atoms with van der Waals surface area (Å²) in [5.41, 5.74) is 0. The molecule has 1 rings (SSSR count). The zero-order valence-corrected chi connectivity index (χ0v) is 8.96. The van der Waals surface area contributed by atoms with Gasteiger partial charge in [0.15, 0.2) is 0 Å². The maximum absolute atomic E-state index is 9.08. The topological polar surface area (TPSA) is 40.5 Å². The molecule has 0 aliphatic heterocycles. The Kier molecular flexibility index (Phi) is 3.16. The molecule has 0 bridgehead atoms. The largest absolute Gasteiger partial charge is 0.342 e. The van der Waals surface area contributed by atoms with E-state index in [0.29, 0.717) is 5.02 Å². The first-order valence-corrected chi connectivity index (χ1v) is 6.39. The molecule has 2 nitrogen and oxygen atoms in total. The van der Waals surface area contributed by atoms with Crippen LogP contribution in [0, 0.1) is 0 Å². The van der Waals surface area contributed by atoms with Crippen LogP contribution in [0.15, 0.2) is 18.2 Å². The summed E-state index contributed by atoms with van der Waals surface area (Å²) in [6.07, 6.45) is 0. The third kappa shape index (κ3) is 2.43. The highest BCUT2D eigenvalue weighted by Crippen LogP contribution is 2.35. The first kappa shape index (κ1) is 10.5. The van der Waals surface area contributed by atoms with Crippen LogP contribution >= 0.6 is 29.7 Å². The van der Waals surface area contributed by atoms with E-state index in [1.165, 1.54) is 18.2 Å². The molecule has 2 N–H and O–H groups in total. The highest BCUT2D eigenvalue weighted by molar-refractivity contribution is 8.12. The second-order valence-electron chi connectivity index (χ2n) is 2.14. The summed E-state index contributed by atoms with van der Waals surface area (Å²) < 4.78 is 0. The van der Waals surface area contributed by atoms with Crippen molar-refractivity contribution in [3.63, 3.8) is 0 Å². The molecular formula is C6H5Cl2O2PS. The van der Waals surface area contributed by atoms with Crippen molar-refractivity contribution in [3.05, 3.63) is 28.2 Å². The molecule has 0 unspecified atom stereocenters. The van der Waals surface area contributed by atoms with Crippen molar-refractivity contribution in [1.82, 2.24) is 0 Å². The van der Waals surface area contributed by atoms with E-state index in [1.54, 1.807) is 0 Å². The molecule has 0 radical (unpaired) electrons. The fourth-order valence-electron chi connectivity index (χ4n) is 0.666. The van der Waals surface area contributed by atoms with Gasteiger partial charge in [0, 0.05) is 5.30 Å². The monoisotopic (exact) mass is 242 g/mol. The van der Waals surface area contributed by atoms with Crippen LogP contribution in [0.25, 0.3) is 0 Å². The highest BCUT2D eigenvalue weighted by atomic mass is 35.5. The predicted molar refractivity (Wildman–Crippen MR) is 54.8 cm³/mol. The van der Waals surface area contributed by atoms with Crippen LogP contribution in [0.4, 0.5) is 0 Å². The lowest BCUT2D eigenvalue weighted by Crippen LogP contribution is -2.02. The van der Waals surface area contributed by atoms with Gasteiger partial charge < -0.3 is 9.79 Å². The quantitative estimate of drug-likeness (QED) is 0.740. The Morgan fingerprint density at radius 1 is 1.17 bits per heavy atom. The van der Waals surface area contributed by atoms with E-state index in [4.69, 9.17) is 33.0 Å². The van der Waals surface area contributed by atoms with Crippen LogP contribution in [0.3, 0.4) is 0 Å². The minimum absolute atomic E-state index is 0.243. The lowest BCUT2D eigenvalue weighted by atomic mass is 10.4. The van der Waals surface area contributed by atoms with Gasteiger partial charge in [-0.1, -0.05) is 23.2 Å². The number of hydrogen-bond acceptors (Lipinski definition) is 1. The smallest absolute Gasteiger partial charge is 0.214 e. The molecule has 0 atom stereocenters. The lowest BCUT2D eigenvalue weighted by molar-refractivity contribution is 0.493. The third-order valence-electron chi connectivity index (χ3n) is 1.24. The van der Waals surface area contributed by atoms with Gasteiger partial charge in [0.05, 0.1) is 10.0 Å². The molecule has 0 aromatic heterocycles. The Morgan fingerprint density at radius 2 is 1.75 bits per heavy atom. The zero-order chi connectivity index (χ0) is 9.35. The molecule has 0 spiro atoms. The molecule has 1 aromatic carbocycles. The summed E-state index contributed by atoms with van der Waals surface area (Å²) in [4.78, 5) is 18.2. The van der Waals surface area contributed by atoms with Crippen LogP contribution in [0.1, 0.15) is 0 Å². The van der Waals surface area contributed by atoms with Crippen molar-refractivity contribution in [3.8, 4) is 0 Å². The van der Waals surface area contributed by atoms with Crippen LogP contribution in [0.2, 0.25) is 10.0 Å². The summed E-state index contributed by atoms with van der Waals surface area (Å²) in [6.45, 7) is -3.37. The highest BCUT2D eigenvalue weighted by Gasteiger charge is 2.12. The lowest BCUT2D eigenvalue weighted by Gasteiger charge is -2.07. The van der Waals surface area contributed by atoms with Crippen molar-refractivity contribution >= 4 is 46.8 Å². The van der Waals surface area contributed by atoms with E-state index in [9.17, 15) is 0 Å². The Bertz CT molecular complexity index is 349. The predicted octanol–water partition coefficient (Wildman–Crippen LogP) is 1.91. The summed E-state index contributed by atoms with van der Waals surface area (Å²) in [5.74, 6) is 0. The standard InChI is InChI=1S/C6H5Cl2O2PS/c7-5-2-1-4(3-6(5)8)11(9,10)12/h1-3H,(H2,9,10,12). The van der Waals surface area contributed by atoms with Gasteiger partial charge in [0.25, 0.3) is 0 Å². The summed E-state index contributed by atoms with van der Waals surface area (Å²) >= 11 is 15.7. The maximum Gasteiger partial charge on any atom is 0.214 e. The number of benzene rings is 1. The van der Waals surface area contributed by atoms with E-state index >= 15 is 0 Å². The molecule has 0 fully saturated rings.